The maximum Gasteiger partial charge on any atom is 0.335 e. The lowest BCUT2D eigenvalue weighted by molar-refractivity contribution is 0.0696. The van der Waals surface area contributed by atoms with E-state index in [0.29, 0.717) is 17.5 Å². The highest BCUT2D eigenvalue weighted by Gasteiger charge is 2.18. The third-order valence-corrected chi connectivity index (χ3v) is 6.13. The van der Waals surface area contributed by atoms with E-state index >= 15 is 0 Å². The first kappa shape index (κ1) is 20.3. The zero-order valence-corrected chi connectivity index (χ0v) is 18.0. The number of rotatable bonds is 6. The fourth-order valence-electron chi connectivity index (χ4n) is 3.37. The molecule has 30 heavy (non-hydrogen) atoms. The monoisotopic (exact) mass is 438 g/mol. The van der Waals surface area contributed by atoms with Gasteiger partial charge in [0.15, 0.2) is 0 Å². The van der Waals surface area contributed by atoms with Gasteiger partial charge in [0.2, 0.25) is 5.88 Å². The van der Waals surface area contributed by atoms with Crippen molar-refractivity contribution >= 4 is 40.2 Å². The minimum Gasteiger partial charge on any atom is -0.478 e. The van der Waals surface area contributed by atoms with Crippen LogP contribution in [0.2, 0.25) is 5.02 Å². The minimum atomic E-state index is -0.941. The molecule has 0 fully saturated rings. The zero-order chi connectivity index (χ0) is 21.3. The SMILES string of the molecule is CCOc1ccc(-n2c(C)c(Sc3cccc(C(=O)O)c3)c3ccc(Cl)cc32)cn1. The lowest BCUT2D eigenvalue weighted by atomic mass is 10.2. The Labute approximate surface area is 183 Å². The van der Waals surface area contributed by atoms with E-state index in [0.717, 1.165) is 32.1 Å². The Morgan fingerprint density at radius 1 is 1.20 bits per heavy atom. The van der Waals surface area contributed by atoms with Crippen LogP contribution in [-0.2, 0) is 0 Å². The Hall–Kier alpha value is -2.96. The van der Waals surface area contributed by atoms with Gasteiger partial charge >= 0.3 is 5.97 Å². The van der Waals surface area contributed by atoms with Gasteiger partial charge in [0.05, 0.1) is 29.6 Å². The highest BCUT2D eigenvalue weighted by atomic mass is 35.5. The Morgan fingerprint density at radius 3 is 2.73 bits per heavy atom. The number of benzene rings is 2. The van der Waals surface area contributed by atoms with Crippen molar-refractivity contribution in [3.05, 3.63) is 77.1 Å². The summed E-state index contributed by atoms with van der Waals surface area (Å²) < 4.78 is 7.56. The van der Waals surface area contributed by atoms with Crippen molar-refractivity contribution in [1.29, 1.82) is 0 Å². The maximum atomic E-state index is 11.3. The number of halogens is 1. The summed E-state index contributed by atoms with van der Waals surface area (Å²) in [7, 11) is 0. The van der Waals surface area contributed by atoms with Crippen molar-refractivity contribution in [2.45, 2.75) is 23.6 Å². The molecule has 152 valence electrons. The number of ether oxygens (including phenoxy) is 1. The summed E-state index contributed by atoms with van der Waals surface area (Å²) in [5.74, 6) is -0.364. The third kappa shape index (κ3) is 3.88. The largest absolute Gasteiger partial charge is 0.478 e. The predicted molar refractivity (Wildman–Crippen MR) is 120 cm³/mol. The summed E-state index contributed by atoms with van der Waals surface area (Å²) in [5.41, 5.74) is 3.14. The van der Waals surface area contributed by atoms with Crippen LogP contribution in [0.1, 0.15) is 23.0 Å². The highest BCUT2D eigenvalue weighted by molar-refractivity contribution is 7.99. The van der Waals surface area contributed by atoms with Crippen molar-refractivity contribution in [3.8, 4) is 11.6 Å². The number of carbonyl (C=O) groups is 1. The Kier molecular flexibility index (Phi) is 5.70. The van der Waals surface area contributed by atoms with E-state index in [9.17, 15) is 9.90 Å². The average Bonchev–Trinajstić information content (AvgIpc) is 3.00. The molecule has 4 rings (SSSR count). The van der Waals surface area contributed by atoms with Crippen LogP contribution >= 0.6 is 23.4 Å². The smallest absolute Gasteiger partial charge is 0.335 e. The van der Waals surface area contributed by atoms with Crippen LogP contribution in [-0.4, -0.2) is 27.2 Å². The first-order valence-electron chi connectivity index (χ1n) is 9.39. The number of carboxylic acids is 1. The predicted octanol–water partition coefficient (Wildman–Crippen LogP) is 6.24. The van der Waals surface area contributed by atoms with Gasteiger partial charge in [-0.15, -0.1) is 0 Å². The molecule has 0 aliphatic heterocycles. The molecular formula is C23H19ClN2O3S. The molecule has 2 aromatic heterocycles. The molecule has 0 unspecified atom stereocenters. The van der Waals surface area contributed by atoms with Gasteiger partial charge in [-0.2, -0.15) is 0 Å². The van der Waals surface area contributed by atoms with Crippen molar-refractivity contribution in [2.75, 3.05) is 6.61 Å². The Balaban J connectivity index is 1.84. The lowest BCUT2D eigenvalue weighted by Crippen LogP contribution is -1.99. The summed E-state index contributed by atoms with van der Waals surface area (Å²) in [6.07, 6.45) is 1.78. The van der Waals surface area contributed by atoms with Gasteiger partial charge in [0, 0.05) is 32.0 Å². The molecule has 0 amide bonds. The Morgan fingerprint density at radius 2 is 2.03 bits per heavy atom. The van der Waals surface area contributed by atoms with E-state index in [-0.39, 0.29) is 5.56 Å². The van der Waals surface area contributed by atoms with Crippen molar-refractivity contribution < 1.29 is 14.6 Å². The number of hydrogen-bond donors (Lipinski definition) is 1. The van der Waals surface area contributed by atoms with E-state index < -0.39 is 5.97 Å². The molecular weight excluding hydrogens is 420 g/mol. The van der Waals surface area contributed by atoms with Gasteiger partial charge in [-0.05, 0) is 50.2 Å². The molecule has 0 radical (unpaired) electrons. The van der Waals surface area contributed by atoms with Gasteiger partial charge in [0.1, 0.15) is 0 Å². The molecule has 0 aliphatic carbocycles. The van der Waals surface area contributed by atoms with Crippen molar-refractivity contribution in [2.24, 2.45) is 0 Å². The number of fused-ring (bicyclic) bond motifs is 1. The number of nitrogens with zero attached hydrogens (tertiary/aromatic N) is 2. The molecule has 1 N–H and O–H groups in total. The summed E-state index contributed by atoms with van der Waals surface area (Å²) in [6, 6.07) is 16.5. The van der Waals surface area contributed by atoms with Crippen LogP contribution in [0.4, 0.5) is 0 Å². The first-order chi connectivity index (χ1) is 14.5. The number of aromatic nitrogens is 2. The molecule has 5 nitrogen and oxygen atoms in total. The standard InChI is InChI=1S/C23H19ClN2O3S/c1-3-29-21-10-8-17(13-25-21)26-14(2)22(19-9-7-16(24)12-20(19)26)30-18-6-4-5-15(11-18)23(27)28/h4-13H,3H2,1-2H3,(H,27,28). The molecule has 0 saturated carbocycles. The molecule has 2 aromatic carbocycles. The van der Waals surface area contributed by atoms with Gasteiger partial charge < -0.3 is 14.4 Å². The molecule has 2 heterocycles. The highest BCUT2D eigenvalue weighted by Crippen LogP contribution is 2.40. The molecule has 0 atom stereocenters. The molecule has 0 spiro atoms. The lowest BCUT2D eigenvalue weighted by Gasteiger charge is -2.10. The van der Waals surface area contributed by atoms with E-state index in [1.54, 1.807) is 24.4 Å². The van der Waals surface area contributed by atoms with Crippen LogP contribution in [0.5, 0.6) is 5.88 Å². The second-order valence-corrected chi connectivity index (χ2v) is 8.15. The summed E-state index contributed by atoms with van der Waals surface area (Å²) >= 11 is 7.84. The molecule has 7 heteroatoms. The number of carboxylic acid groups (broad SMARTS) is 1. The van der Waals surface area contributed by atoms with Gasteiger partial charge in [-0.25, -0.2) is 9.78 Å². The first-order valence-corrected chi connectivity index (χ1v) is 10.6. The summed E-state index contributed by atoms with van der Waals surface area (Å²) in [4.78, 5) is 17.6. The van der Waals surface area contributed by atoms with Gasteiger partial charge in [-0.1, -0.05) is 35.5 Å². The normalized spacial score (nSPS) is 11.0. The Bertz CT molecular complexity index is 1240. The topological polar surface area (TPSA) is 64.3 Å². The van der Waals surface area contributed by atoms with E-state index in [1.807, 2.05) is 50.2 Å². The van der Waals surface area contributed by atoms with E-state index in [2.05, 4.69) is 9.55 Å². The van der Waals surface area contributed by atoms with E-state index in [1.165, 1.54) is 11.8 Å². The van der Waals surface area contributed by atoms with Crippen LogP contribution < -0.4 is 4.74 Å². The molecule has 0 aliphatic rings. The molecule has 4 aromatic rings. The van der Waals surface area contributed by atoms with Crippen LogP contribution in [0.3, 0.4) is 0 Å². The fourth-order valence-corrected chi connectivity index (χ4v) is 4.63. The fraction of sp³-hybridized carbons (Fsp3) is 0.130. The van der Waals surface area contributed by atoms with Crippen LogP contribution in [0.15, 0.2) is 70.6 Å². The van der Waals surface area contributed by atoms with Gasteiger partial charge in [0.25, 0.3) is 0 Å². The minimum absolute atomic E-state index is 0.264. The molecule has 0 bridgehead atoms. The zero-order valence-electron chi connectivity index (χ0n) is 16.4. The van der Waals surface area contributed by atoms with Crippen LogP contribution in [0.25, 0.3) is 16.6 Å². The van der Waals surface area contributed by atoms with Gasteiger partial charge in [-0.3, -0.25) is 0 Å². The summed E-state index contributed by atoms with van der Waals surface area (Å²) in [6.45, 7) is 4.52. The number of hydrogen-bond acceptors (Lipinski definition) is 4. The van der Waals surface area contributed by atoms with Crippen molar-refractivity contribution in [3.63, 3.8) is 0 Å². The number of aromatic carboxylic acids is 1. The summed E-state index contributed by atoms with van der Waals surface area (Å²) in [5, 5.41) is 11.0. The molecule has 0 saturated heterocycles. The second kappa shape index (κ2) is 8.42. The van der Waals surface area contributed by atoms with Crippen LogP contribution in [0, 0.1) is 6.92 Å². The van der Waals surface area contributed by atoms with Crippen molar-refractivity contribution in [1.82, 2.24) is 9.55 Å². The maximum absolute atomic E-state index is 11.3. The van der Waals surface area contributed by atoms with E-state index in [4.69, 9.17) is 16.3 Å². The number of pyridine rings is 1. The second-order valence-electron chi connectivity index (χ2n) is 6.63. The quantitative estimate of drug-likeness (QED) is 0.386. The average molecular weight is 439 g/mol. The third-order valence-electron chi connectivity index (χ3n) is 4.68.